The molecule has 0 fully saturated rings. The molecule has 2 aromatic rings. The highest BCUT2D eigenvalue weighted by Gasteiger charge is 2.32. The molecule has 2 aromatic carbocycles. The Kier molecular flexibility index (Phi) is 3.35. The molecule has 0 spiro atoms. The van der Waals surface area contributed by atoms with Crippen molar-refractivity contribution in [3.05, 3.63) is 58.6 Å². The van der Waals surface area contributed by atoms with E-state index in [-0.39, 0.29) is 5.60 Å². The zero-order chi connectivity index (χ0) is 14.2. The Bertz CT molecular complexity index is 617. The lowest BCUT2D eigenvalue weighted by Crippen LogP contribution is -2.24. The van der Waals surface area contributed by atoms with Crippen LogP contribution in [-0.4, -0.2) is 5.60 Å². The minimum absolute atomic E-state index is 0.151. The second-order valence-corrected chi connectivity index (χ2v) is 6.13. The topological polar surface area (TPSA) is 18.5 Å². The number of fused-ring (bicyclic) bond motifs is 1. The van der Waals surface area contributed by atoms with E-state index in [1.807, 2.05) is 36.4 Å². The van der Waals surface area contributed by atoms with Gasteiger partial charge in [0.15, 0.2) is 11.5 Å². The van der Waals surface area contributed by atoms with Gasteiger partial charge in [0.1, 0.15) is 12.2 Å². The van der Waals surface area contributed by atoms with Gasteiger partial charge in [0.05, 0.1) is 0 Å². The van der Waals surface area contributed by atoms with Gasteiger partial charge in [-0.2, -0.15) is 0 Å². The van der Waals surface area contributed by atoms with E-state index in [1.165, 1.54) is 5.56 Å². The molecule has 1 aliphatic heterocycles. The van der Waals surface area contributed by atoms with E-state index in [0.29, 0.717) is 6.61 Å². The molecule has 0 aliphatic carbocycles. The summed E-state index contributed by atoms with van der Waals surface area (Å²) >= 11 is 5.88. The predicted molar refractivity (Wildman–Crippen MR) is 80.6 cm³/mol. The molecular weight excluding hydrogens is 272 g/mol. The zero-order valence-corrected chi connectivity index (χ0v) is 12.4. The minimum atomic E-state index is -0.151. The maximum Gasteiger partial charge on any atom is 0.165 e. The number of hydrogen-bond acceptors (Lipinski definition) is 2. The maximum absolute atomic E-state index is 5.99. The van der Waals surface area contributed by atoms with Crippen molar-refractivity contribution >= 4 is 11.6 Å². The van der Waals surface area contributed by atoms with Gasteiger partial charge in [-0.05, 0) is 37.6 Å². The second-order valence-electron chi connectivity index (χ2n) is 5.70. The van der Waals surface area contributed by atoms with Gasteiger partial charge in [-0.25, -0.2) is 0 Å². The number of rotatable bonds is 3. The Hall–Kier alpha value is -1.67. The summed E-state index contributed by atoms with van der Waals surface area (Å²) in [7, 11) is 0. The average molecular weight is 289 g/mol. The molecule has 0 amide bonds. The quantitative estimate of drug-likeness (QED) is 0.819. The van der Waals surface area contributed by atoms with E-state index in [1.54, 1.807) is 0 Å². The SMILES string of the molecule is CC1(C)Cc2cccc(OCc3ccc(Cl)cc3)c2O1. The minimum Gasteiger partial charge on any atom is -0.485 e. The molecule has 1 aliphatic rings. The zero-order valence-electron chi connectivity index (χ0n) is 11.7. The summed E-state index contributed by atoms with van der Waals surface area (Å²) in [6.07, 6.45) is 0.917. The van der Waals surface area contributed by atoms with Crippen molar-refractivity contribution in [3.63, 3.8) is 0 Å². The van der Waals surface area contributed by atoms with E-state index in [0.717, 1.165) is 28.5 Å². The summed E-state index contributed by atoms with van der Waals surface area (Å²) < 4.78 is 11.9. The largest absolute Gasteiger partial charge is 0.485 e. The number of halogens is 1. The number of benzene rings is 2. The van der Waals surface area contributed by atoms with Crippen LogP contribution in [0.3, 0.4) is 0 Å². The van der Waals surface area contributed by atoms with Gasteiger partial charge in [0.25, 0.3) is 0 Å². The summed E-state index contributed by atoms with van der Waals surface area (Å²) in [5.74, 6) is 1.69. The van der Waals surface area contributed by atoms with Crippen molar-refractivity contribution in [2.24, 2.45) is 0 Å². The monoisotopic (exact) mass is 288 g/mol. The van der Waals surface area contributed by atoms with Crippen LogP contribution in [0.5, 0.6) is 11.5 Å². The molecule has 0 N–H and O–H groups in total. The highest BCUT2D eigenvalue weighted by atomic mass is 35.5. The first kappa shape index (κ1) is 13.3. The van der Waals surface area contributed by atoms with E-state index in [2.05, 4.69) is 19.9 Å². The molecule has 3 heteroatoms. The Morgan fingerprint density at radius 2 is 1.90 bits per heavy atom. The van der Waals surface area contributed by atoms with Crippen LogP contribution in [0.2, 0.25) is 5.02 Å². The van der Waals surface area contributed by atoms with Gasteiger partial charge in [-0.1, -0.05) is 35.9 Å². The molecule has 0 unspecified atom stereocenters. The first-order chi connectivity index (χ1) is 9.53. The van der Waals surface area contributed by atoms with Crippen molar-refractivity contribution in [1.82, 2.24) is 0 Å². The van der Waals surface area contributed by atoms with Crippen molar-refractivity contribution < 1.29 is 9.47 Å². The number of ether oxygens (including phenoxy) is 2. The Balaban J connectivity index is 1.76. The van der Waals surface area contributed by atoms with E-state index < -0.39 is 0 Å². The highest BCUT2D eigenvalue weighted by molar-refractivity contribution is 6.30. The Morgan fingerprint density at radius 1 is 1.15 bits per heavy atom. The fraction of sp³-hybridized carbons (Fsp3) is 0.294. The molecule has 1 heterocycles. The molecule has 0 saturated carbocycles. The molecule has 3 rings (SSSR count). The van der Waals surface area contributed by atoms with E-state index in [9.17, 15) is 0 Å². The summed E-state index contributed by atoms with van der Waals surface area (Å²) in [6.45, 7) is 4.70. The highest BCUT2D eigenvalue weighted by Crippen LogP contribution is 2.41. The van der Waals surface area contributed by atoms with Crippen LogP contribution in [0.4, 0.5) is 0 Å². The van der Waals surface area contributed by atoms with Crippen molar-refractivity contribution in [2.75, 3.05) is 0 Å². The van der Waals surface area contributed by atoms with Crippen LogP contribution in [0.25, 0.3) is 0 Å². The molecule has 0 aromatic heterocycles. The van der Waals surface area contributed by atoms with Crippen LogP contribution in [-0.2, 0) is 13.0 Å². The average Bonchev–Trinajstić information content (AvgIpc) is 2.72. The van der Waals surface area contributed by atoms with Crippen molar-refractivity contribution in [3.8, 4) is 11.5 Å². The Morgan fingerprint density at radius 3 is 2.65 bits per heavy atom. The van der Waals surface area contributed by atoms with Crippen LogP contribution >= 0.6 is 11.6 Å². The van der Waals surface area contributed by atoms with Crippen LogP contribution in [0.1, 0.15) is 25.0 Å². The predicted octanol–water partition coefficient (Wildman–Crippen LogP) is 4.63. The molecule has 20 heavy (non-hydrogen) atoms. The molecule has 104 valence electrons. The van der Waals surface area contributed by atoms with E-state index in [4.69, 9.17) is 21.1 Å². The van der Waals surface area contributed by atoms with Gasteiger partial charge < -0.3 is 9.47 Å². The fourth-order valence-electron chi connectivity index (χ4n) is 2.44. The van der Waals surface area contributed by atoms with Crippen LogP contribution < -0.4 is 9.47 Å². The smallest absolute Gasteiger partial charge is 0.165 e. The summed E-state index contributed by atoms with van der Waals surface area (Å²) in [4.78, 5) is 0. The lowest BCUT2D eigenvalue weighted by atomic mass is 10.0. The number of hydrogen-bond donors (Lipinski definition) is 0. The lowest BCUT2D eigenvalue weighted by molar-refractivity contribution is 0.131. The summed E-state index contributed by atoms with van der Waals surface area (Å²) in [5.41, 5.74) is 2.15. The van der Waals surface area contributed by atoms with Crippen molar-refractivity contribution in [2.45, 2.75) is 32.5 Å². The van der Waals surface area contributed by atoms with E-state index >= 15 is 0 Å². The van der Waals surface area contributed by atoms with Gasteiger partial charge in [0, 0.05) is 17.0 Å². The van der Waals surface area contributed by atoms with Crippen LogP contribution in [0, 0.1) is 0 Å². The summed E-state index contributed by atoms with van der Waals surface area (Å²) in [6, 6.07) is 13.7. The lowest BCUT2D eigenvalue weighted by Gasteiger charge is -2.18. The summed E-state index contributed by atoms with van der Waals surface area (Å²) in [5, 5.41) is 0.736. The van der Waals surface area contributed by atoms with Gasteiger partial charge in [0.2, 0.25) is 0 Å². The molecule has 0 bridgehead atoms. The van der Waals surface area contributed by atoms with Gasteiger partial charge >= 0.3 is 0 Å². The molecule has 2 nitrogen and oxygen atoms in total. The fourth-order valence-corrected chi connectivity index (χ4v) is 2.57. The maximum atomic E-state index is 5.99. The van der Waals surface area contributed by atoms with Gasteiger partial charge in [-0.15, -0.1) is 0 Å². The van der Waals surface area contributed by atoms with Gasteiger partial charge in [-0.3, -0.25) is 0 Å². The molecule has 0 radical (unpaired) electrons. The number of para-hydroxylation sites is 1. The third-order valence-electron chi connectivity index (χ3n) is 3.36. The normalized spacial score (nSPS) is 15.6. The standard InChI is InChI=1S/C17H17ClO2/c1-17(2)10-13-4-3-5-15(16(13)20-17)19-11-12-6-8-14(18)9-7-12/h3-9H,10-11H2,1-2H3. The van der Waals surface area contributed by atoms with Crippen LogP contribution in [0.15, 0.2) is 42.5 Å². The Labute approximate surface area is 124 Å². The second kappa shape index (κ2) is 5.02. The molecule has 0 atom stereocenters. The van der Waals surface area contributed by atoms with Crippen molar-refractivity contribution in [1.29, 1.82) is 0 Å². The first-order valence-corrected chi connectivity index (χ1v) is 7.09. The first-order valence-electron chi connectivity index (χ1n) is 6.72. The third kappa shape index (κ3) is 2.75. The molecular formula is C17H17ClO2. The molecule has 0 saturated heterocycles. The third-order valence-corrected chi connectivity index (χ3v) is 3.61.